The Morgan fingerprint density at radius 1 is 1.50 bits per heavy atom. The fraction of sp³-hybridized carbons (Fsp3) is 0.636. The Balaban J connectivity index is 1.91. The second kappa shape index (κ2) is 5.66. The summed E-state index contributed by atoms with van der Waals surface area (Å²) in [5.41, 5.74) is 4.00. The van der Waals surface area contributed by atoms with Gasteiger partial charge in [-0.2, -0.15) is 13.2 Å². The lowest BCUT2D eigenvalue weighted by Crippen LogP contribution is -2.56. The van der Waals surface area contributed by atoms with Crippen LogP contribution in [0.2, 0.25) is 0 Å². The van der Waals surface area contributed by atoms with E-state index in [1.54, 1.807) is 0 Å². The lowest BCUT2D eigenvalue weighted by molar-refractivity contribution is -0.140. The first-order valence-electron chi connectivity index (χ1n) is 5.98. The van der Waals surface area contributed by atoms with E-state index >= 15 is 0 Å². The van der Waals surface area contributed by atoms with Crippen LogP contribution in [0.3, 0.4) is 0 Å². The zero-order valence-corrected chi connectivity index (χ0v) is 11.3. The topological polar surface area (TPSA) is 77.2 Å². The Labute approximate surface area is 117 Å². The highest BCUT2D eigenvalue weighted by Crippen LogP contribution is 2.30. The lowest BCUT2D eigenvalue weighted by atomic mass is 9.90. The van der Waals surface area contributed by atoms with E-state index in [2.05, 4.69) is 10.3 Å². The number of nitrogens with zero attached hydrogens (tertiary/aromatic N) is 1. The normalized spacial score (nSPS) is 18.8. The van der Waals surface area contributed by atoms with Crippen LogP contribution in [-0.4, -0.2) is 29.6 Å². The number of amides is 1. The molecule has 0 aliphatic carbocycles. The van der Waals surface area contributed by atoms with Crippen molar-refractivity contribution in [1.82, 2.24) is 10.3 Å². The van der Waals surface area contributed by atoms with Gasteiger partial charge in [0.25, 0.3) is 0 Å². The summed E-state index contributed by atoms with van der Waals surface area (Å²) in [6.07, 6.45) is -3.68. The number of hydrogen-bond acceptors (Lipinski definition) is 5. The summed E-state index contributed by atoms with van der Waals surface area (Å²) in [5.74, 6) is -0.385. The molecule has 1 aliphatic heterocycles. The zero-order valence-electron chi connectivity index (χ0n) is 10.5. The maximum atomic E-state index is 12.4. The molecule has 2 rings (SSSR count). The molecule has 20 heavy (non-hydrogen) atoms. The van der Waals surface area contributed by atoms with Gasteiger partial charge < -0.3 is 15.8 Å². The first-order chi connectivity index (χ1) is 9.31. The number of nitrogens with one attached hydrogen (secondary N) is 1. The third-order valence-corrected chi connectivity index (χ3v) is 3.93. The van der Waals surface area contributed by atoms with Crippen LogP contribution in [-0.2, 0) is 22.3 Å². The molecule has 1 fully saturated rings. The third-order valence-electron chi connectivity index (χ3n) is 3.08. The molecule has 1 aliphatic rings. The summed E-state index contributed by atoms with van der Waals surface area (Å²) in [5, 5.41) is 3.66. The van der Waals surface area contributed by atoms with Crippen molar-refractivity contribution >= 4 is 17.2 Å². The summed E-state index contributed by atoms with van der Waals surface area (Å²) < 4.78 is 42.2. The monoisotopic (exact) mass is 309 g/mol. The van der Waals surface area contributed by atoms with Gasteiger partial charge in [0.05, 0.1) is 12.1 Å². The van der Waals surface area contributed by atoms with E-state index in [1.165, 1.54) is 0 Å². The molecule has 0 aromatic carbocycles. The van der Waals surface area contributed by atoms with Crippen molar-refractivity contribution in [2.24, 2.45) is 5.73 Å². The van der Waals surface area contributed by atoms with Gasteiger partial charge in [-0.05, 0) is 12.8 Å². The van der Waals surface area contributed by atoms with E-state index in [0.29, 0.717) is 26.1 Å². The van der Waals surface area contributed by atoms with E-state index < -0.39 is 17.4 Å². The van der Waals surface area contributed by atoms with Crippen LogP contribution in [0.25, 0.3) is 0 Å². The van der Waals surface area contributed by atoms with Crippen molar-refractivity contribution < 1.29 is 22.7 Å². The number of hydrogen-bond donors (Lipinski definition) is 2. The van der Waals surface area contributed by atoms with E-state index in [9.17, 15) is 18.0 Å². The first-order valence-corrected chi connectivity index (χ1v) is 6.86. The Kier molecular flexibility index (Phi) is 4.31. The average molecular weight is 309 g/mol. The summed E-state index contributed by atoms with van der Waals surface area (Å²) in [4.78, 5) is 15.4. The standard InChI is InChI=1S/C11H14F3N3O2S/c12-11(13,14)7-6-20-8(17-7)5-16-9(18)10(15)1-3-19-4-2-10/h6H,1-5,15H2,(H,16,18). The minimum atomic E-state index is -4.46. The Morgan fingerprint density at radius 3 is 2.70 bits per heavy atom. The molecule has 0 saturated carbocycles. The number of nitrogens with two attached hydrogens (primary N) is 1. The predicted molar refractivity (Wildman–Crippen MR) is 65.9 cm³/mol. The molecule has 1 aromatic rings. The summed E-state index contributed by atoms with van der Waals surface area (Å²) >= 11 is 0.853. The van der Waals surface area contributed by atoms with Gasteiger partial charge in [0.2, 0.25) is 5.91 Å². The second-order valence-corrected chi connectivity index (χ2v) is 5.52. The van der Waals surface area contributed by atoms with E-state index in [-0.39, 0.29) is 17.5 Å². The highest BCUT2D eigenvalue weighted by molar-refractivity contribution is 7.09. The number of thiazole rings is 1. The molecule has 3 N–H and O–H groups in total. The molecule has 1 aromatic heterocycles. The van der Waals surface area contributed by atoms with Gasteiger partial charge in [-0.1, -0.05) is 0 Å². The maximum absolute atomic E-state index is 12.4. The van der Waals surface area contributed by atoms with Crippen LogP contribution in [0.5, 0.6) is 0 Å². The molecule has 5 nitrogen and oxygen atoms in total. The van der Waals surface area contributed by atoms with Crippen LogP contribution in [0.4, 0.5) is 13.2 Å². The molecular formula is C11H14F3N3O2S. The van der Waals surface area contributed by atoms with E-state index in [1.807, 2.05) is 0 Å². The van der Waals surface area contributed by atoms with Crippen molar-refractivity contribution in [3.8, 4) is 0 Å². The van der Waals surface area contributed by atoms with E-state index in [0.717, 1.165) is 16.7 Å². The SMILES string of the molecule is NC1(C(=O)NCc2nc(C(F)(F)F)cs2)CCOCC1. The van der Waals surface area contributed by atoms with Gasteiger partial charge in [-0.15, -0.1) is 11.3 Å². The van der Waals surface area contributed by atoms with Crippen molar-refractivity contribution in [3.63, 3.8) is 0 Å². The fourth-order valence-electron chi connectivity index (χ4n) is 1.82. The first kappa shape index (κ1) is 15.2. The van der Waals surface area contributed by atoms with Crippen molar-refractivity contribution in [1.29, 1.82) is 0 Å². The van der Waals surface area contributed by atoms with Crippen molar-refractivity contribution in [2.75, 3.05) is 13.2 Å². The molecule has 0 bridgehead atoms. The van der Waals surface area contributed by atoms with Gasteiger partial charge >= 0.3 is 6.18 Å². The molecule has 0 spiro atoms. The van der Waals surface area contributed by atoms with Crippen molar-refractivity contribution in [3.05, 3.63) is 16.1 Å². The number of carbonyl (C=O) groups excluding carboxylic acids is 1. The number of ether oxygens (including phenoxy) is 1. The maximum Gasteiger partial charge on any atom is 0.434 e. The number of alkyl halides is 3. The van der Waals surface area contributed by atoms with Crippen LogP contribution < -0.4 is 11.1 Å². The molecule has 0 radical (unpaired) electrons. The molecule has 9 heteroatoms. The predicted octanol–water partition coefficient (Wildman–Crippen LogP) is 1.29. The Morgan fingerprint density at radius 2 is 2.15 bits per heavy atom. The van der Waals surface area contributed by atoms with Crippen molar-refractivity contribution in [2.45, 2.75) is 31.1 Å². The van der Waals surface area contributed by atoms with Crippen LogP contribution >= 0.6 is 11.3 Å². The summed E-state index contributed by atoms with van der Waals surface area (Å²) in [7, 11) is 0. The second-order valence-electron chi connectivity index (χ2n) is 4.58. The summed E-state index contributed by atoms with van der Waals surface area (Å²) in [6.45, 7) is 0.748. The molecule has 1 amide bonds. The molecule has 2 heterocycles. The van der Waals surface area contributed by atoms with Crippen LogP contribution in [0, 0.1) is 0 Å². The Bertz CT molecular complexity index is 484. The molecular weight excluding hydrogens is 295 g/mol. The Hall–Kier alpha value is -1.19. The number of carbonyl (C=O) groups is 1. The zero-order chi connectivity index (χ0) is 14.8. The quantitative estimate of drug-likeness (QED) is 0.882. The highest BCUT2D eigenvalue weighted by Gasteiger charge is 2.36. The molecule has 1 saturated heterocycles. The minimum absolute atomic E-state index is 0.0562. The van der Waals surface area contributed by atoms with Gasteiger partial charge in [-0.3, -0.25) is 4.79 Å². The van der Waals surface area contributed by atoms with Gasteiger partial charge in [0.1, 0.15) is 5.01 Å². The highest BCUT2D eigenvalue weighted by atomic mass is 32.1. The average Bonchev–Trinajstić information content (AvgIpc) is 2.85. The van der Waals surface area contributed by atoms with Gasteiger partial charge in [0.15, 0.2) is 5.69 Å². The number of halogens is 3. The fourth-order valence-corrected chi connectivity index (χ4v) is 2.56. The smallest absolute Gasteiger partial charge is 0.381 e. The number of aromatic nitrogens is 1. The van der Waals surface area contributed by atoms with E-state index in [4.69, 9.17) is 10.5 Å². The van der Waals surface area contributed by atoms with Crippen LogP contribution in [0.15, 0.2) is 5.38 Å². The largest absolute Gasteiger partial charge is 0.434 e. The minimum Gasteiger partial charge on any atom is -0.381 e. The van der Waals surface area contributed by atoms with Crippen LogP contribution in [0.1, 0.15) is 23.5 Å². The van der Waals surface area contributed by atoms with Gasteiger partial charge in [-0.25, -0.2) is 4.98 Å². The summed E-state index contributed by atoms with van der Waals surface area (Å²) in [6, 6.07) is 0. The molecule has 0 unspecified atom stereocenters. The molecule has 0 atom stereocenters. The third kappa shape index (κ3) is 3.47. The lowest BCUT2D eigenvalue weighted by Gasteiger charge is -2.31. The van der Waals surface area contributed by atoms with Gasteiger partial charge in [0, 0.05) is 18.6 Å². The molecule has 112 valence electrons. The number of rotatable bonds is 3.